The van der Waals surface area contributed by atoms with Gasteiger partial charge in [0.25, 0.3) is 0 Å². The summed E-state index contributed by atoms with van der Waals surface area (Å²) in [4.78, 5) is 30.6. The number of rotatable bonds is 5. The van der Waals surface area contributed by atoms with Crippen LogP contribution in [-0.4, -0.2) is 75.0 Å². The minimum Gasteiger partial charge on any atom is -0.462 e. The first kappa shape index (κ1) is 42.0. The minimum atomic E-state index is -0.623. The molecule has 8 saturated carbocycles. The van der Waals surface area contributed by atoms with Gasteiger partial charge in [0.05, 0.1) is 17.8 Å². The lowest BCUT2D eigenvalue weighted by atomic mass is 9.38. The monoisotopic (exact) mass is 818 g/mol. The Labute approximate surface area is 357 Å². The first-order chi connectivity index (χ1) is 27.9. The normalized spacial score (nSPS) is 57.2. The number of nitrogens with zero attached hydrogens (tertiary/aromatic N) is 1. The van der Waals surface area contributed by atoms with Crippen molar-refractivity contribution >= 4 is 11.8 Å². The number of ether oxygens (including phenoxy) is 1. The lowest BCUT2D eigenvalue weighted by Crippen LogP contribution is -2.67. The van der Waals surface area contributed by atoms with Crippen molar-refractivity contribution in [3.8, 4) is 0 Å². The van der Waals surface area contributed by atoms with Gasteiger partial charge in [0.1, 0.15) is 11.9 Å². The number of piperidine rings is 2. The van der Waals surface area contributed by atoms with Crippen molar-refractivity contribution in [3.05, 3.63) is 0 Å². The molecule has 22 atom stereocenters. The smallest absolute Gasteiger partial charge is 0.306 e. The van der Waals surface area contributed by atoms with Crippen LogP contribution in [0.2, 0.25) is 0 Å². The van der Waals surface area contributed by atoms with Crippen LogP contribution in [0.25, 0.3) is 0 Å². The number of Topliss-reactive ketones (excluding diaryl/α,β-unsaturated/α-hetero) is 1. The van der Waals surface area contributed by atoms with Crippen molar-refractivity contribution in [2.24, 2.45) is 98.6 Å². The van der Waals surface area contributed by atoms with Crippen molar-refractivity contribution in [2.75, 3.05) is 13.1 Å². The van der Waals surface area contributed by atoms with Crippen LogP contribution in [-0.2, 0) is 14.3 Å². The van der Waals surface area contributed by atoms with Gasteiger partial charge in [0, 0.05) is 43.3 Å². The summed E-state index contributed by atoms with van der Waals surface area (Å²) >= 11 is 0. The third-order valence-electron chi connectivity index (χ3n) is 23.0. The second-order valence-electron chi connectivity index (χ2n) is 25.3. The number of carbonyl (C=O) groups excluding carboxylic acids is 2. The van der Waals surface area contributed by atoms with Gasteiger partial charge < -0.3 is 20.1 Å². The summed E-state index contributed by atoms with van der Waals surface area (Å²) in [6, 6.07) is 0.300. The number of aliphatic hydroxyl groups excluding tert-OH is 2. The zero-order valence-electron chi connectivity index (χ0n) is 38.2. The highest BCUT2D eigenvalue weighted by atomic mass is 16.5. The van der Waals surface area contributed by atoms with Crippen LogP contribution in [0.1, 0.15) is 170 Å². The quantitative estimate of drug-likeness (QED) is 0.238. The molecule has 59 heavy (non-hydrogen) atoms. The molecule has 332 valence electrons. The van der Waals surface area contributed by atoms with Gasteiger partial charge in [-0.1, -0.05) is 41.5 Å². The zero-order valence-corrected chi connectivity index (χ0v) is 38.2. The highest BCUT2D eigenvalue weighted by Crippen LogP contribution is 2.73. The zero-order chi connectivity index (χ0) is 41.6. The van der Waals surface area contributed by atoms with Crippen molar-refractivity contribution < 1.29 is 29.6 Å². The molecule has 2 saturated heterocycles. The molecular formula is C52H83NO6. The van der Waals surface area contributed by atoms with Crippen LogP contribution in [0.15, 0.2) is 0 Å². The number of hydrogen-bond acceptors (Lipinski definition) is 7. The molecule has 1 unspecified atom stereocenters. The van der Waals surface area contributed by atoms with E-state index in [-0.39, 0.29) is 51.9 Å². The van der Waals surface area contributed by atoms with E-state index < -0.39 is 5.60 Å². The van der Waals surface area contributed by atoms with Gasteiger partial charge >= 0.3 is 5.97 Å². The minimum absolute atomic E-state index is 0.00909. The Morgan fingerprint density at radius 1 is 0.763 bits per heavy atom. The maximum absolute atomic E-state index is 14.2. The first-order valence-corrected chi connectivity index (χ1v) is 25.4. The van der Waals surface area contributed by atoms with Crippen LogP contribution in [0.4, 0.5) is 0 Å². The molecule has 10 rings (SSSR count). The lowest BCUT2D eigenvalue weighted by Gasteiger charge is -2.67. The van der Waals surface area contributed by atoms with Crippen LogP contribution in [0, 0.1) is 98.6 Å². The van der Waals surface area contributed by atoms with Gasteiger partial charge in [-0.25, -0.2) is 0 Å². The fourth-order valence-corrected chi connectivity index (χ4v) is 20.1. The van der Waals surface area contributed by atoms with E-state index in [0.717, 1.165) is 70.9 Å². The number of ketones is 1. The lowest BCUT2D eigenvalue weighted by molar-refractivity contribution is -0.225. The molecular weight excluding hydrogens is 735 g/mol. The third kappa shape index (κ3) is 6.18. The van der Waals surface area contributed by atoms with Crippen molar-refractivity contribution in [1.29, 1.82) is 0 Å². The van der Waals surface area contributed by atoms with Gasteiger partial charge in [-0.15, -0.1) is 0 Å². The molecule has 0 aromatic carbocycles. The Morgan fingerprint density at radius 2 is 1.51 bits per heavy atom. The molecule has 2 heterocycles. The predicted octanol–water partition coefficient (Wildman–Crippen LogP) is 9.23. The van der Waals surface area contributed by atoms with Crippen LogP contribution >= 0.6 is 0 Å². The number of hydrogen-bond donors (Lipinski definition) is 3. The maximum Gasteiger partial charge on any atom is 0.306 e. The van der Waals surface area contributed by atoms with Crippen LogP contribution in [0.5, 0.6) is 0 Å². The molecule has 3 N–H and O–H groups in total. The largest absolute Gasteiger partial charge is 0.462 e. The molecule has 7 heteroatoms. The van der Waals surface area contributed by atoms with E-state index in [1.165, 1.54) is 44.9 Å². The van der Waals surface area contributed by atoms with Gasteiger partial charge in [-0.05, 0) is 203 Å². The fraction of sp³-hybridized carbons (Fsp3) is 0.962. The highest BCUT2D eigenvalue weighted by molar-refractivity contribution is 5.83. The standard InChI is InChI=1S/C52H83NO6/c1-29-8-14-45-52(7,58)39-11-10-34-35(37(39)28-53(45)27-29)25-40-36(34)26-42(55)41-24-33(17-20-49(40,41)4)59-47(57)15-9-30(2)38-12-13-43-50(38,5)21-18-44-48(3)19-16-32(54)22-31(48)23-46(56)51(43,44)6/h29-41,43-46,54,56,58H,8-28H2,1-7H3/t29-,30+,31-,32+,33-,34+,35+,36-,37-,38+,39-,40?,41+,43+,44+,45-,46-,48-,49+,50+,51-,52-/m0/s1. The van der Waals surface area contributed by atoms with E-state index in [0.29, 0.717) is 102 Å². The fourth-order valence-electron chi connectivity index (χ4n) is 20.1. The number of carbonyl (C=O) groups is 2. The van der Waals surface area contributed by atoms with E-state index in [1.54, 1.807) is 0 Å². The Kier molecular flexibility index (Phi) is 10.3. The molecule has 0 spiro atoms. The molecule has 0 aromatic rings. The Hall–Kier alpha value is -1.02. The molecule has 0 aromatic heterocycles. The number of aliphatic hydroxyl groups is 3. The van der Waals surface area contributed by atoms with Gasteiger partial charge in [-0.2, -0.15) is 0 Å². The summed E-state index contributed by atoms with van der Waals surface area (Å²) in [7, 11) is 0. The molecule has 0 radical (unpaired) electrons. The molecule has 10 fully saturated rings. The Morgan fingerprint density at radius 3 is 2.31 bits per heavy atom. The van der Waals surface area contributed by atoms with Gasteiger partial charge in [0.15, 0.2) is 0 Å². The molecule has 2 aliphatic heterocycles. The highest BCUT2D eigenvalue weighted by Gasteiger charge is 2.69. The van der Waals surface area contributed by atoms with Gasteiger partial charge in [-0.3, -0.25) is 14.5 Å². The second kappa shape index (κ2) is 14.5. The van der Waals surface area contributed by atoms with Crippen molar-refractivity contribution in [1.82, 2.24) is 4.90 Å². The molecule has 8 aliphatic carbocycles. The first-order valence-electron chi connectivity index (χ1n) is 25.4. The second-order valence-corrected chi connectivity index (χ2v) is 25.3. The molecule has 0 amide bonds. The summed E-state index contributed by atoms with van der Waals surface area (Å²) in [6.07, 6.45) is 18.1. The average Bonchev–Trinajstić information content (AvgIpc) is 3.75. The van der Waals surface area contributed by atoms with Crippen LogP contribution < -0.4 is 0 Å². The molecule has 0 bridgehead atoms. The average molecular weight is 818 g/mol. The van der Waals surface area contributed by atoms with E-state index in [9.17, 15) is 24.9 Å². The number of fused-ring (bicyclic) bond motifs is 13. The predicted molar refractivity (Wildman–Crippen MR) is 230 cm³/mol. The van der Waals surface area contributed by atoms with Gasteiger partial charge in [0.2, 0.25) is 0 Å². The summed E-state index contributed by atoms with van der Waals surface area (Å²) in [5, 5.41) is 34.6. The van der Waals surface area contributed by atoms with E-state index in [2.05, 4.69) is 53.4 Å². The van der Waals surface area contributed by atoms with E-state index in [4.69, 9.17) is 4.74 Å². The summed E-state index contributed by atoms with van der Waals surface area (Å²) in [6.45, 7) is 19.1. The topological polar surface area (TPSA) is 107 Å². The third-order valence-corrected chi connectivity index (χ3v) is 23.0. The summed E-state index contributed by atoms with van der Waals surface area (Å²) in [5.41, 5.74) is -0.360. The SMILES string of the molecule is C[C@H]1CC[C@@H]2N(C1)C[C@H]1[C@@H]3CC4[C@@H](CC(=O)[C@H]5C[C@@H](OC(=O)CC[C@@H](C)[C@H]6CC[C@@H]7[C@]6(C)CC[C@@H]6[C@@]8(C)CC[C@@H](O)C[C@H]8C[C@H](O)[C@]67C)CC[C@]45C)[C@@H]3CC[C@@H]1[C@]2(C)O. The Bertz CT molecular complexity index is 1650. The van der Waals surface area contributed by atoms with Crippen molar-refractivity contribution in [3.63, 3.8) is 0 Å². The van der Waals surface area contributed by atoms with E-state index >= 15 is 0 Å². The maximum atomic E-state index is 14.2. The summed E-state index contributed by atoms with van der Waals surface area (Å²) in [5.74, 6) is 6.60. The van der Waals surface area contributed by atoms with E-state index in [1.807, 2.05) is 0 Å². The molecule has 7 nitrogen and oxygen atoms in total. The van der Waals surface area contributed by atoms with Crippen LogP contribution in [0.3, 0.4) is 0 Å². The Balaban J connectivity index is 0.758. The number of esters is 1. The molecule has 10 aliphatic rings. The summed E-state index contributed by atoms with van der Waals surface area (Å²) < 4.78 is 6.33. The van der Waals surface area contributed by atoms with Crippen molar-refractivity contribution in [2.45, 2.75) is 200 Å².